The van der Waals surface area contributed by atoms with E-state index < -0.39 is 13.9 Å². The maximum atomic E-state index is 14.9. The van der Waals surface area contributed by atoms with E-state index in [1.54, 1.807) is 35.7 Å². The van der Waals surface area contributed by atoms with Gasteiger partial charge < -0.3 is 19.4 Å². The monoisotopic (exact) mass is 546 g/mol. The summed E-state index contributed by atoms with van der Waals surface area (Å²) >= 11 is 6.05. The van der Waals surface area contributed by atoms with Crippen LogP contribution in [-0.4, -0.2) is 64.7 Å². The number of nitrogens with zero attached hydrogens (tertiary/aromatic N) is 5. The van der Waals surface area contributed by atoms with Crippen molar-refractivity contribution >= 4 is 47.6 Å². The van der Waals surface area contributed by atoms with Crippen LogP contribution in [-0.2, 0) is 23.3 Å². The topological polar surface area (TPSA) is 96.1 Å². The number of carbonyl (C=O) groups excluding carboxylic acids is 1. The van der Waals surface area contributed by atoms with Crippen molar-refractivity contribution in [1.82, 2.24) is 29.6 Å². The van der Waals surface area contributed by atoms with Gasteiger partial charge in [0.15, 0.2) is 5.65 Å². The van der Waals surface area contributed by atoms with Gasteiger partial charge in [0.1, 0.15) is 29.5 Å². The van der Waals surface area contributed by atoms with Crippen LogP contribution in [0.1, 0.15) is 17.3 Å². The molecule has 198 valence electrons. The summed E-state index contributed by atoms with van der Waals surface area (Å²) in [5.74, 6) is -0.821. The molecule has 0 spiro atoms. The molecule has 0 bridgehead atoms. The molecule has 0 aliphatic carbocycles. The Morgan fingerprint density at radius 3 is 2.76 bits per heavy atom. The van der Waals surface area contributed by atoms with Gasteiger partial charge in [-0.05, 0) is 25.1 Å². The Morgan fingerprint density at radius 2 is 2.05 bits per heavy atom. The first-order valence-electron chi connectivity index (χ1n) is 12.0. The predicted octanol–water partition coefficient (Wildman–Crippen LogP) is 4.85. The summed E-state index contributed by atoms with van der Waals surface area (Å²) in [4.78, 5) is 22.5. The molecule has 3 aromatic heterocycles. The van der Waals surface area contributed by atoms with Crippen molar-refractivity contribution in [1.29, 1.82) is 0 Å². The number of nitrogens with one attached hydrogen (secondary N) is 1. The van der Waals surface area contributed by atoms with Gasteiger partial charge in [-0.2, -0.15) is 5.10 Å². The fourth-order valence-corrected chi connectivity index (χ4v) is 5.00. The zero-order valence-electron chi connectivity index (χ0n) is 21.9. The number of aryl methyl sites for hydroxylation is 1. The van der Waals surface area contributed by atoms with Crippen molar-refractivity contribution in [2.75, 3.05) is 20.3 Å². The Kier molecular flexibility index (Phi) is 7.98. The van der Waals surface area contributed by atoms with Gasteiger partial charge in [0, 0.05) is 46.1 Å². The molecule has 9 nitrogen and oxygen atoms in total. The zero-order valence-corrected chi connectivity index (χ0v) is 23.7. The molecule has 0 saturated heterocycles. The Labute approximate surface area is 220 Å². The van der Waals surface area contributed by atoms with Gasteiger partial charge in [-0.25, -0.2) is 14.4 Å². The minimum atomic E-state index is -1.25. The molecular weight excluding hydrogens is 515 g/mol. The number of methoxy groups -OCH3 is 1. The van der Waals surface area contributed by atoms with Crippen molar-refractivity contribution < 1.29 is 18.7 Å². The summed E-state index contributed by atoms with van der Waals surface area (Å²) in [5, 5.41) is 7.96. The molecule has 0 radical (unpaired) electrons. The number of rotatable bonds is 10. The number of hydrogen-bond acceptors (Lipinski definition) is 6. The highest BCUT2D eigenvalue weighted by molar-refractivity contribution is 6.76. The summed E-state index contributed by atoms with van der Waals surface area (Å²) in [5.41, 5.74) is 2.40. The first kappa shape index (κ1) is 27.2. The summed E-state index contributed by atoms with van der Waals surface area (Å²) in [6.07, 6.45) is 3.22. The lowest BCUT2D eigenvalue weighted by atomic mass is 10.1. The number of fused-ring (bicyclic) bond motifs is 2. The minimum Gasteiger partial charge on any atom is -0.383 e. The van der Waals surface area contributed by atoms with Crippen LogP contribution in [0, 0.1) is 5.82 Å². The Balaban J connectivity index is 1.77. The molecule has 4 aromatic rings. The highest BCUT2D eigenvalue weighted by atomic mass is 35.5. The number of benzene rings is 1. The van der Waals surface area contributed by atoms with E-state index in [0.29, 0.717) is 46.8 Å². The molecule has 1 N–H and O–H groups in total. The van der Waals surface area contributed by atoms with Crippen LogP contribution in [0.4, 0.5) is 4.39 Å². The van der Waals surface area contributed by atoms with Crippen LogP contribution in [0.5, 0.6) is 0 Å². The van der Waals surface area contributed by atoms with Gasteiger partial charge in [0.05, 0.1) is 29.3 Å². The predicted molar refractivity (Wildman–Crippen MR) is 145 cm³/mol. The average Bonchev–Trinajstić information content (AvgIpc) is 3.34. The first-order valence-corrected chi connectivity index (χ1v) is 16.1. The van der Waals surface area contributed by atoms with Crippen molar-refractivity contribution in [3.63, 3.8) is 0 Å². The fourth-order valence-electron chi connectivity index (χ4n) is 4.05. The highest BCUT2D eigenvalue weighted by Crippen LogP contribution is 2.32. The van der Waals surface area contributed by atoms with Gasteiger partial charge >= 0.3 is 0 Å². The third kappa shape index (κ3) is 6.01. The number of carbonyl (C=O) groups is 1. The van der Waals surface area contributed by atoms with Crippen LogP contribution in [0.15, 0.2) is 24.5 Å². The Hall–Kier alpha value is -2.86. The van der Waals surface area contributed by atoms with Gasteiger partial charge in [0.25, 0.3) is 5.91 Å². The average molecular weight is 547 g/mol. The maximum absolute atomic E-state index is 14.9. The first-order chi connectivity index (χ1) is 17.5. The zero-order chi connectivity index (χ0) is 26.9. The number of halogens is 2. The van der Waals surface area contributed by atoms with E-state index in [4.69, 9.17) is 26.1 Å². The number of amides is 1. The van der Waals surface area contributed by atoms with Gasteiger partial charge in [-0.15, -0.1) is 0 Å². The molecule has 0 fully saturated rings. The van der Waals surface area contributed by atoms with Gasteiger partial charge in [0.2, 0.25) is 0 Å². The molecule has 1 amide bonds. The van der Waals surface area contributed by atoms with E-state index in [9.17, 15) is 9.18 Å². The van der Waals surface area contributed by atoms with Crippen molar-refractivity contribution in [2.45, 2.75) is 45.4 Å². The number of ether oxygens (including phenoxy) is 2. The maximum Gasteiger partial charge on any atom is 0.255 e. The van der Waals surface area contributed by atoms with Gasteiger partial charge in [-0.3, -0.25) is 9.48 Å². The molecule has 3 heterocycles. The third-order valence-electron chi connectivity index (χ3n) is 5.94. The third-order valence-corrected chi connectivity index (χ3v) is 7.87. The van der Waals surface area contributed by atoms with Crippen LogP contribution in [0.2, 0.25) is 30.7 Å². The molecular formula is C25H32ClFN6O3Si. The Bertz CT molecular complexity index is 1450. The Morgan fingerprint density at radius 1 is 1.30 bits per heavy atom. The number of hydrogen-bond donors (Lipinski definition) is 1. The second-order valence-electron chi connectivity index (χ2n) is 10.4. The molecule has 12 heteroatoms. The van der Waals surface area contributed by atoms with Crippen LogP contribution in [0.25, 0.3) is 33.5 Å². The van der Waals surface area contributed by atoms with Gasteiger partial charge in [-0.1, -0.05) is 31.2 Å². The quantitative estimate of drug-likeness (QED) is 0.225. The summed E-state index contributed by atoms with van der Waals surface area (Å²) in [7, 11) is 2.04. The molecule has 37 heavy (non-hydrogen) atoms. The lowest BCUT2D eigenvalue weighted by molar-refractivity contribution is 0.0881. The molecule has 1 atom stereocenters. The molecule has 4 rings (SSSR count). The molecule has 1 aromatic carbocycles. The summed E-state index contributed by atoms with van der Waals surface area (Å²) in [6.45, 7) is 9.93. The van der Waals surface area contributed by atoms with Crippen LogP contribution >= 0.6 is 11.6 Å². The molecule has 0 aliphatic heterocycles. The van der Waals surface area contributed by atoms with Crippen molar-refractivity contribution in [2.24, 2.45) is 7.05 Å². The van der Waals surface area contributed by atoms with Crippen LogP contribution in [0.3, 0.4) is 0 Å². The van der Waals surface area contributed by atoms with Crippen molar-refractivity contribution in [3.05, 3.63) is 40.9 Å². The smallest absolute Gasteiger partial charge is 0.255 e. The van der Waals surface area contributed by atoms with E-state index in [1.165, 1.54) is 12.3 Å². The standard InChI is InChI=1S/C25H32ClFN6O3Si/c1-15(13-35-3)29-25(34)17-12-33(14-36-7-8-37(4,5)6)24-22(17)30-19(11-28-24)23-21-18(27)9-16(26)10-20(21)32(2)31-23/h9-12,15H,7-8,13-14H2,1-6H3,(H,29,34)/t15-/m0/s1. The SMILES string of the molecule is COC[C@H](C)NC(=O)c1cn(COCC[Si](C)(C)C)c2ncc(-c3nn(C)c4cc(Cl)cc(F)c34)nc12. The van der Waals surface area contributed by atoms with E-state index in [2.05, 4.69) is 35.0 Å². The second kappa shape index (κ2) is 10.9. The van der Waals surface area contributed by atoms with E-state index >= 15 is 0 Å². The van der Waals surface area contributed by atoms with Crippen molar-refractivity contribution in [3.8, 4) is 11.4 Å². The lowest BCUT2D eigenvalue weighted by Gasteiger charge is -2.15. The highest BCUT2D eigenvalue weighted by Gasteiger charge is 2.23. The van der Waals surface area contributed by atoms with E-state index in [0.717, 1.165) is 6.04 Å². The summed E-state index contributed by atoms with van der Waals surface area (Å²) in [6, 6.07) is 3.70. The van der Waals surface area contributed by atoms with E-state index in [1.807, 2.05) is 6.92 Å². The number of aromatic nitrogens is 5. The lowest BCUT2D eigenvalue weighted by Crippen LogP contribution is -2.35. The summed E-state index contributed by atoms with van der Waals surface area (Å²) < 4.78 is 29.3. The molecule has 0 saturated carbocycles. The van der Waals surface area contributed by atoms with E-state index in [-0.39, 0.29) is 29.1 Å². The van der Waals surface area contributed by atoms with Crippen LogP contribution < -0.4 is 5.32 Å². The largest absolute Gasteiger partial charge is 0.383 e. The minimum absolute atomic E-state index is 0.210. The molecule has 0 unspecified atom stereocenters. The second-order valence-corrected chi connectivity index (χ2v) is 16.4. The fraction of sp³-hybridized carbons (Fsp3) is 0.440. The normalized spacial score (nSPS) is 13.0. The molecule has 0 aliphatic rings.